The van der Waals surface area contributed by atoms with E-state index in [9.17, 15) is 19.1 Å². The van der Waals surface area contributed by atoms with Gasteiger partial charge in [-0.25, -0.2) is 9.18 Å². The summed E-state index contributed by atoms with van der Waals surface area (Å²) in [6, 6.07) is 13.1. The Morgan fingerprint density at radius 2 is 2.10 bits per heavy atom. The number of carbonyl (C=O) groups is 2. The standard InChI is InChI=1S/C23H18FNO4S/c1-2-9-29-16-8-4-5-13(11-16)17-12-18(26)25-20-19(14-6-3-7-15(24)10-14)22(23(27)28)30-21(17)20/h2-8,10-11,17H,1,9,12H2,(H,25,26)(H,27,28). The van der Waals surface area contributed by atoms with Crippen molar-refractivity contribution in [3.05, 3.63) is 82.3 Å². The number of hydrogen-bond acceptors (Lipinski definition) is 4. The molecule has 0 saturated carbocycles. The van der Waals surface area contributed by atoms with E-state index in [1.165, 1.54) is 18.2 Å². The largest absolute Gasteiger partial charge is 0.490 e. The molecule has 1 amide bonds. The van der Waals surface area contributed by atoms with Gasteiger partial charge in [0.2, 0.25) is 5.91 Å². The highest BCUT2D eigenvalue weighted by Gasteiger charge is 2.34. The summed E-state index contributed by atoms with van der Waals surface area (Å²) in [5, 5.41) is 12.6. The molecule has 1 unspecified atom stereocenters. The van der Waals surface area contributed by atoms with Gasteiger partial charge in [0.15, 0.2) is 0 Å². The minimum Gasteiger partial charge on any atom is -0.490 e. The van der Waals surface area contributed by atoms with Crippen molar-refractivity contribution < 1.29 is 23.8 Å². The van der Waals surface area contributed by atoms with Crippen molar-refractivity contribution in [2.75, 3.05) is 11.9 Å². The highest BCUT2D eigenvalue weighted by Crippen LogP contribution is 2.49. The number of nitrogens with one attached hydrogen (secondary N) is 1. The fraction of sp³-hybridized carbons (Fsp3) is 0.130. The van der Waals surface area contributed by atoms with Crippen LogP contribution in [0.4, 0.5) is 10.1 Å². The maximum Gasteiger partial charge on any atom is 0.346 e. The van der Waals surface area contributed by atoms with E-state index in [1.54, 1.807) is 12.1 Å². The number of aromatic carboxylic acids is 1. The number of thiophene rings is 1. The minimum atomic E-state index is -1.12. The number of rotatable bonds is 6. The van der Waals surface area contributed by atoms with Crippen LogP contribution >= 0.6 is 11.3 Å². The lowest BCUT2D eigenvalue weighted by Crippen LogP contribution is -2.22. The fourth-order valence-electron chi connectivity index (χ4n) is 3.60. The van der Waals surface area contributed by atoms with Gasteiger partial charge in [-0.05, 0) is 35.4 Å². The molecule has 2 N–H and O–H groups in total. The molecule has 7 heteroatoms. The van der Waals surface area contributed by atoms with E-state index in [1.807, 2.05) is 24.3 Å². The van der Waals surface area contributed by atoms with Gasteiger partial charge in [0, 0.05) is 22.8 Å². The molecule has 2 heterocycles. The van der Waals surface area contributed by atoms with Crippen molar-refractivity contribution >= 4 is 28.9 Å². The minimum absolute atomic E-state index is 0.0665. The Hall–Kier alpha value is -3.45. The lowest BCUT2D eigenvalue weighted by atomic mass is 9.88. The average Bonchev–Trinajstić information content (AvgIpc) is 3.11. The molecule has 0 saturated heterocycles. The van der Waals surface area contributed by atoms with Crippen LogP contribution in [0.3, 0.4) is 0 Å². The normalized spacial score (nSPS) is 15.2. The SMILES string of the molecule is C=CCOc1cccc(C2CC(=O)Nc3c2sc(C(=O)O)c3-c2cccc(F)c2)c1. The van der Waals surface area contributed by atoms with Gasteiger partial charge in [0.05, 0.1) is 5.69 Å². The molecular formula is C23H18FNO4S. The summed E-state index contributed by atoms with van der Waals surface area (Å²) < 4.78 is 19.4. The molecule has 5 nitrogen and oxygen atoms in total. The number of benzene rings is 2. The fourth-order valence-corrected chi connectivity index (χ4v) is 4.85. The van der Waals surface area contributed by atoms with Crippen LogP contribution in [0, 0.1) is 5.82 Å². The van der Waals surface area contributed by atoms with Crippen molar-refractivity contribution in [1.82, 2.24) is 0 Å². The molecule has 0 aliphatic carbocycles. The number of ether oxygens (including phenoxy) is 1. The Morgan fingerprint density at radius 3 is 2.83 bits per heavy atom. The van der Waals surface area contributed by atoms with Crippen LogP contribution in [0.15, 0.2) is 61.2 Å². The van der Waals surface area contributed by atoms with Crippen LogP contribution in [0.25, 0.3) is 11.1 Å². The third kappa shape index (κ3) is 3.71. The molecule has 2 aromatic carbocycles. The number of halogens is 1. The summed E-state index contributed by atoms with van der Waals surface area (Å²) in [6.07, 6.45) is 1.82. The van der Waals surface area contributed by atoms with Crippen LogP contribution in [-0.2, 0) is 4.79 Å². The van der Waals surface area contributed by atoms with Gasteiger partial charge in [0.1, 0.15) is 23.1 Å². The summed E-state index contributed by atoms with van der Waals surface area (Å²) in [6.45, 7) is 3.99. The lowest BCUT2D eigenvalue weighted by molar-refractivity contribution is -0.116. The predicted octanol–water partition coefficient (Wildman–Crippen LogP) is 5.29. The van der Waals surface area contributed by atoms with Crippen molar-refractivity contribution in [1.29, 1.82) is 0 Å². The van der Waals surface area contributed by atoms with Crippen LogP contribution in [0.5, 0.6) is 5.75 Å². The number of carboxylic acids is 1. The number of carbonyl (C=O) groups excluding carboxylic acids is 1. The number of hydrogen-bond donors (Lipinski definition) is 2. The smallest absolute Gasteiger partial charge is 0.346 e. The maximum absolute atomic E-state index is 13.8. The number of amides is 1. The van der Waals surface area contributed by atoms with Gasteiger partial charge in [-0.2, -0.15) is 0 Å². The van der Waals surface area contributed by atoms with Gasteiger partial charge in [-0.15, -0.1) is 11.3 Å². The van der Waals surface area contributed by atoms with Gasteiger partial charge in [-0.1, -0.05) is 36.9 Å². The monoisotopic (exact) mass is 423 g/mol. The summed E-state index contributed by atoms with van der Waals surface area (Å²) in [5.74, 6) is -1.51. The van der Waals surface area contributed by atoms with Gasteiger partial charge < -0.3 is 15.2 Å². The molecule has 0 fully saturated rings. The Labute approximate surface area is 176 Å². The van der Waals surface area contributed by atoms with E-state index < -0.39 is 11.8 Å². The number of carboxylic acid groups (broad SMARTS) is 1. The first-order chi connectivity index (χ1) is 14.5. The molecule has 0 spiro atoms. The number of fused-ring (bicyclic) bond motifs is 1. The third-order valence-electron chi connectivity index (χ3n) is 4.84. The van der Waals surface area contributed by atoms with Crippen LogP contribution < -0.4 is 10.1 Å². The molecule has 1 aliphatic rings. The molecule has 0 radical (unpaired) electrons. The summed E-state index contributed by atoms with van der Waals surface area (Å²) in [4.78, 5) is 25.3. The predicted molar refractivity (Wildman–Crippen MR) is 114 cm³/mol. The molecule has 1 aromatic heterocycles. The zero-order valence-electron chi connectivity index (χ0n) is 15.9. The maximum atomic E-state index is 13.8. The molecule has 4 rings (SSSR count). The molecule has 30 heavy (non-hydrogen) atoms. The van der Waals surface area contributed by atoms with E-state index in [2.05, 4.69) is 11.9 Å². The first kappa shape index (κ1) is 19.8. The molecule has 0 bridgehead atoms. The van der Waals surface area contributed by atoms with E-state index in [0.29, 0.717) is 29.2 Å². The molecule has 152 valence electrons. The van der Waals surface area contributed by atoms with Gasteiger partial charge in [0.25, 0.3) is 0 Å². The molecule has 1 aliphatic heterocycles. The third-order valence-corrected chi connectivity index (χ3v) is 6.13. The molecule has 3 aromatic rings. The van der Waals surface area contributed by atoms with E-state index in [-0.39, 0.29) is 23.1 Å². The van der Waals surface area contributed by atoms with Crippen LogP contribution in [0.2, 0.25) is 0 Å². The second kappa shape index (κ2) is 8.12. The first-order valence-electron chi connectivity index (χ1n) is 9.27. The first-order valence-corrected chi connectivity index (χ1v) is 10.1. The topological polar surface area (TPSA) is 75.6 Å². The average molecular weight is 423 g/mol. The van der Waals surface area contributed by atoms with Crippen molar-refractivity contribution in [2.45, 2.75) is 12.3 Å². The highest BCUT2D eigenvalue weighted by molar-refractivity contribution is 7.15. The highest BCUT2D eigenvalue weighted by atomic mass is 32.1. The second-order valence-corrected chi connectivity index (χ2v) is 7.89. The van der Waals surface area contributed by atoms with E-state index >= 15 is 0 Å². The summed E-state index contributed by atoms with van der Waals surface area (Å²) >= 11 is 1.11. The molecule has 1 atom stereocenters. The molecular weight excluding hydrogens is 405 g/mol. The summed E-state index contributed by atoms with van der Waals surface area (Å²) in [7, 11) is 0. The zero-order chi connectivity index (χ0) is 21.3. The Bertz CT molecular complexity index is 1150. The van der Waals surface area contributed by atoms with Crippen LogP contribution in [0.1, 0.15) is 32.5 Å². The van der Waals surface area contributed by atoms with Gasteiger partial charge in [-0.3, -0.25) is 4.79 Å². The lowest BCUT2D eigenvalue weighted by Gasteiger charge is -2.24. The van der Waals surface area contributed by atoms with Crippen molar-refractivity contribution in [2.24, 2.45) is 0 Å². The Kier molecular flexibility index (Phi) is 5.37. The number of anilines is 1. The Morgan fingerprint density at radius 1 is 1.30 bits per heavy atom. The van der Waals surface area contributed by atoms with Crippen LogP contribution in [-0.4, -0.2) is 23.6 Å². The van der Waals surface area contributed by atoms with Crippen molar-refractivity contribution in [3.63, 3.8) is 0 Å². The zero-order valence-corrected chi connectivity index (χ0v) is 16.7. The quantitative estimate of drug-likeness (QED) is 0.528. The van der Waals surface area contributed by atoms with E-state index in [4.69, 9.17) is 4.74 Å². The Balaban J connectivity index is 1.86. The van der Waals surface area contributed by atoms with E-state index in [0.717, 1.165) is 21.8 Å². The van der Waals surface area contributed by atoms with Crippen molar-refractivity contribution in [3.8, 4) is 16.9 Å². The second-order valence-electron chi connectivity index (χ2n) is 6.84. The summed E-state index contributed by atoms with van der Waals surface area (Å²) in [5.41, 5.74) is 2.02. The van der Waals surface area contributed by atoms with Gasteiger partial charge >= 0.3 is 5.97 Å².